The standard InChI is InChI=1S/C40H75NO5/c1-3-5-7-9-11-13-15-16-17-18-19-20-21-22-24-25-27-29-31-33-37(43)39(45)36(35-42)41-40(46)38(44)34-32-30-28-26-23-14-12-10-8-6-4-2/h12,14,20-21,25,27,36-39,42-45H,3-11,13,15-19,22-24,26,28-35H2,1-2H3,(H,41,46)/b14-12-,21-20+,27-25+. The van der Waals surface area contributed by atoms with Crippen molar-refractivity contribution in [3.8, 4) is 0 Å². The second-order valence-electron chi connectivity index (χ2n) is 13.3. The van der Waals surface area contributed by atoms with E-state index in [1.807, 2.05) is 0 Å². The first kappa shape index (κ1) is 44.5. The second kappa shape index (κ2) is 34.9. The lowest BCUT2D eigenvalue weighted by Crippen LogP contribution is -2.53. The molecular weight excluding hydrogens is 574 g/mol. The van der Waals surface area contributed by atoms with E-state index >= 15 is 0 Å². The van der Waals surface area contributed by atoms with Crippen LogP contribution < -0.4 is 5.32 Å². The molecule has 0 aliphatic carbocycles. The summed E-state index contributed by atoms with van der Waals surface area (Å²) in [5.74, 6) is -0.610. The van der Waals surface area contributed by atoms with Crippen LogP contribution in [0.5, 0.6) is 0 Å². The van der Waals surface area contributed by atoms with Gasteiger partial charge in [-0.15, -0.1) is 0 Å². The van der Waals surface area contributed by atoms with Crippen molar-refractivity contribution in [3.05, 3.63) is 36.5 Å². The number of aliphatic hydroxyl groups is 4. The molecule has 0 bridgehead atoms. The molecule has 0 aromatic carbocycles. The summed E-state index contributed by atoms with van der Waals surface area (Å²) in [4.78, 5) is 12.4. The number of rotatable bonds is 34. The lowest BCUT2D eigenvalue weighted by Gasteiger charge is -2.27. The highest BCUT2D eigenvalue weighted by Crippen LogP contribution is 2.13. The van der Waals surface area contributed by atoms with Crippen LogP contribution in [-0.4, -0.2) is 57.3 Å². The van der Waals surface area contributed by atoms with Crippen LogP contribution >= 0.6 is 0 Å². The molecule has 0 rings (SSSR count). The molecule has 0 aromatic heterocycles. The minimum absolute atomic E-state index is 0.344. The number of allylic oxidation sites excluding steroid dienone is 6. The van der Waals surface area contributed by atoms with Crippen LogP contribution in [0.3, 0.4) is 0 Å². The van der Waals surface area contributed by atoms with Crippen LogP contribution in [0.4, 0.5) is 0 Å². The monoisotopic (exact) mass is 650 g/mol. The zero-order valence-corrected chi connectivity index (χ0v) is 30.1. The fourth-order valence-electron chi connectivity index (χ4n) is 5.65. The summed E-state index contributed by atoms with van der Waals surface area (Å²) < 4.78 is 0. The van der Waals surface area contributed by atoms with Crippen molar-refractivity contribution in [1.82, 2.24) is 5.32 Å². The quantitative estimate of drug-likeness (QED) is 0.0352. The van der Waals surface area contributed by atoms with Gasteiger partial charge in [-0.05, 0) is 77.0 Å². The number of unbranched alkanes of at least 4 members (excludes halogenated alkanes) is 19. The van der Waals surface area contributed by atoms with Gasteiger partial charge in [0.25, 0.3) is 0 Å². The predicted molar refractivity (Wildman–Crippen MR) is 196 cm³/mol. The molecule has 0 radical (unpaired) electrons. The fourth-order valence-corrected chi connectivity index (χ4v) is 5.65. The van der Waals surface area contributed by atoms with Crippen molar-refractivity contribution >= 4 is 5.91 Å². The van der Waals surface area contributed by atoms with Crippen LogP contribution in [0.15, 0.2) is 36.5 Å². The summed E-state index contributed by atoms with van der Waals surface area (Å²) >= 11 is 0. The van der Waals surface area contributed by atoms with E-state index in [0.29, 0.717) is 19.3 Å². The minimum Gasteiger partial charge on any atom is -0.394 e. The van der Waals surface area contributed by atoms with Gasteiger partial charge in [-0.1, -0.05) is 140 Å². The first-order chi connectivity index (χ1) is 22.5. The van der Waals surface area contributed by atoms with E-state index in [4.69, 9.17) is 0 Å². The Labute approximate surface area is 284 Å². The van der Waals surface area contributed by atoms with Crippen molar-refractivity contribution in [2.45, 2.75) is 205 Å². The van der Waals surface area contributed by atoms with Gasteiger partial charge in [0.05, 0.1) is 18.8 Å². The van der Waals surface area contributed by atoms with Crippen LogP contribution in [-0.2, 0) is 4.79 Å². The van der Waals surface area contributed by atoms with Crippen LogP contribution in [0.25, 0.3) is 0 Å². The van der Waals surface area contributed by atoms with E-state index in [0.717, 1.165) is 57.8 Å². The van der Waals surface area contributed by atoms with E-state index in [9.17, 15) is 25.2 Å². The van der Waals surface area contributed by atoms with E-state index in [-0.39, 0.29) is 0 Å². The van der Waals surface area contributed by atoms with Crippen LogP contribution in [0, 0.1) is 0 Å². The average molecular weight is 650 g/mol. The third-order valence-electron chi connectivity index (χ3n) is 8.80. The maximum atomic E-state index is 12.4. The predicted octanol–water partition coefficient (Wildman–Crippen LogP) is 9.40. The van der Waals surface area contributed by atoms with Crippen molar-refractivity contribution in [3.63, 3.8) is 0 Å². The SMILES string of the molecule is CCCCC/C=C\CCCCCCC(O)C(=O)NC(CO)C(O)C(O)CCC/C=C/CC/C=C/CCCCCCCCCCCC. The Balaban J connectivity index is 3.88. The van der Waals surface area contributed by atoms with Gasteiger partial charge < -0.3 is 25.7 Å². The molecule has 0 fully saturated rings. The Morgan fingerprint density at radius 3 is 1.41 bits per heavy atom. The highest BCUT2D eigenvalue weighted by molar-refractivity contribution is 5.80. The van der Waals surface area contributed by atoms with Crippen LogP contribution in [0.1, 0.15) is 181 Å². The van der Waals surface area contributed by atoms with Gasteiger partial charge in [-0.2, -0.15) is 0 Å². The van der Waals surface area contributed by atoms with Gasteiger partial charge in [0.2, 0.25) is 5.91 Å². The smallest absolute Gasteiger partial charge is 0.249 e. The van der Waals surface area contributed by atoms with Crippen molar-refractivity contribution in [2.24, 2.45) is 0 Å². The molecule has 6 heteroatoms. The Bertz CT molecular complexity index is 737. The Morgan fingerprint density at radius 1 is 0.522 bits per heavy atom. The molecule has 0 heterocycles. The summed E-state index contributed by atoms with van der Waals surface area (Å²) in [6, 6.07) is -1.01. The Morgan fingerprint density at radius 2 is 0.913 bits per heavy atom. The van der Waals surface area contributed by atoms with E-state index in [1.165, 1.54) is 89.9 Å². The van der Waals surface area contributed by atoms with Gasteiger partial charge in [0.1, 0.15) is 12.2 Å². The largest absolute Gasteiger partial charge is 0.394 e. The third-order valence-corrected chi connectivity index (χ3v) is 8.80. The van der Waals surface area contributed by atoms with Gasteiger partial charge in [0.15, 0.2) is 0 Å². The first-order valence-electron chi connectivity index (χ1n) is 19.4. The molecule has 4 atom stereocenters. The summed E-state index contributed by atoms with van der Waals surface area (Å²) in [6.07, 6.45) is 38.9. The van der Waals surface area contributed by atoms with Gasteiger partial charge in [0, 0.05) is 0 Å². The average Bonchev–Trinajstić information content (AvgIpc) is 3.06. The maximum absolute atomic E-state index is 12.4. The van der Waals surface area contributed by atoms with Crippen molar-refractivity contribution in [2.75, 3.05) is 6.61 Å². The molecule has 0 spiro atoms. The summed E-state index contributed by atoms with van der Waals surface area (Å²) in [6.45, 7) is 3.98. The highest BCUT2D eigenvalue weighted by atomic mass is 16.3. The molecule has 5 N–H and O–H groups in total. The number of carbonyl (C=O) groups is 1. The molecule has 4 unspecified atom stereocenters. The third kappa shape index (κ3) is 28.7. The fraction of sp³-hybridized carbons (Fsp3) is 0.825. The Hall–Kier alpha value is -1.47. The number of hydrogen-bond donors (Lipinski definition) is 5. The number of aliphatic hydroxyl groups excluding tert-OH is 4. The number of carbonyl (C=O) groups excluding carboxylic acids is 1. The number of nitrogens with one attached hydrogen (secondary N) is 1. The van der Waals surface area contributed by atoms with Crippen molar-refractivity contribution < 1.29 is 25.2 Å². The van der Waals surface area contributed by atoms with E-state index < -0.39 is 36.9 Å². The molecular formula is C40H75NO5. The minimum atomic E-state index is -1.29. The molecule has 1 amide bonds. The number of amides is 1. The topological polar surface area (TPSA) is 110 Å². The van der Waals surface area contributed by atoms with E-state index in [2.05, 4.69) is 55.6 Å². The molecule has 46 heavy (non-hydrogen) atoms. The van der Waals surface area contributed by atoms with Crippen molar-refractivity contribution in [1.29, 1.82) is 0 Å². The number of hydrogen-bond acceptors (Lipinski definition) is 5. The molecule has 0 saturated carbocycles. The second-order valence-corrected chi connectivity index (χ2v) is 13.3. The summed E-state index contributed by atoms with van der Waals surface area (Å²) in [7, 11) is 0. The lowest BCUT2D eigenvalue weighted by atomic mass is 10.00. The Kier molecular flexibility index (Phi) is 33.7. The zero-order chi connectivity index (χ0) is 33.9. The van der Waals surface area contributed by atoms with Gasteiger partial charge >= 0.3 is 0 Å². The molecule has 0 aliphatic rings. The lowest BCUT2D eigenvalue weighted by molar-refractivity contribution is -0.132. The summed E-state index contributed by atoms with van der Waals surface area (Å²) in [5, 5.41) is 43.4. The normalized spacial score (nSPS) is 14.8. The molecule has 270 valence electrons. The highest BCUT2D eigenvalue weighted by Gasteiger charge is 2.28. The zero-order valence-electron chi connectivity index (χ0n) is 30.1. The molecule has 0 aromatic rings. The molecule has 6 nitrogen and oxygen atoms in total. The first-order valence-corrected chi connectivity index (χ1v) is 19.4. The van der Waals surface area contributed by atoms with E-state index in [1.54, 1.807) is 0 Å². The van der Waals surface area contributed by atoms with Gasteiger partial charge in [-0.25, -0.2) is 0 Å². The molecule has 0 aliphatic heterocycles. The van der Waals surface area contributed by atoms with Gasteiger partial charge in [-0.3, -0.25) is 4.79 Å². The summed E-state index contributed by atoms with van der Waals surface area (Å²) in [5.41, 5.74) is 0. The van der Waals surface area contributed by atoms with Crippen LogP contribution in [0.2, 0.25) is 0 Å². The maximum Gasteiger partial charge on any atom is 0.249 e. The molecule has 0 saturated heterocycles.